The number of rotatable bonds is 4. The molecule has 0 amide bonds. The van der Waals surface area contributed by atoms with E-state index in [4.69, 9.17) is 11.6 Å². The Balaban J connectivity index is 2.32. The summed E-state index contributed by atoms with van der Waals surface area (Å²) < 4.78 is 29.2. The molecular formula is C14H24ClN3O2S. The van der Waals surface area contributed by atoms with Crippen molar-refractivity contribution in [1.82, 2.24) is 13.8 Å². The van der Waals surface area contributed by atoms with Crippen molar-refractivity contribution in [2.45, 2.75) is 50.2 Å². The molecule has 2 atom stereocenters. The number of alkyl halides is 1. The van der Waals surface area contributed by atoms with Crippen LogP contribution in [0.5, 0.6) is 0 Å². The minimum Gasteiger partial charge on any atom is -0.349 e. The van der Waals surface area contributed by atoms with Crippen LogP contribution in [0.4, 0.5) is 0 Å². The van der Waals surface area contributed by atoms with Crippen LogP contribution in [0.15, 0.2) is 17.2 Å². The molecule has 0 radical (unpaired) electrons. The maximum Gasteiger partial charge on any atom is 0.244 e. The second-order valence-electron chi connectivity index (χ2n) is 5.77. The first kappa shape index (κ1) is 16.8. The van der Waals surface area contributed by atoms with Crippen LogP contribution in [0.2, 0.25) is 0 Å². The molecule has 1 aliphatic heterocycles. The Morgan fingerprint density at radius 1 is 1.29 bits per heavy atom. The van der Waals surface area contributed by atoms with E-state index in [1.54, 1.807) is 16.6 Å². The Hall–Kier alpha value is -0.560. The molecule has 120 valence electrons. The predicted octanol–water partition coefficient (Wildman–Crippen LogP) is 1.96. The normalized spacial score (nSPS) is 25.4. The molecule has 0 N–H and O–H groups in total. The van der Waals surface area contributed by atoms with Crippen LogP contribution in [-0.4, -0.2) is 54.4 Å². The number of aryl methyl sites for hydroxylation is 1. The van der Waals surface area contributed by atoms with Crippen molar-refractivity contribution in [3.63, 3.8) is 0 Å². The first-order valence-corrected chi connectivity index (χ1v) is 9.25. The SMILES string of the molecule is CCn1cc(S(=O)(=O)N2CC(C)N(C)C(C)C2)cc1CCl. The average Bonchev–Trinajstić information content (AvgIpc) is 2.88. The summed E-state index contributed by atoms with van der Waals surface area (Å²) in [6.45, 7) is 7.85. The van der Waals surface area contributed by atoms with E-state index < -0.39 is 10.0 Å². The van der Waals surface area contributed by atoms with Crippen LogP contribution in [0.3, 0.4) is 0 Å². The molecule has 1 aromatic heterocycles. The molecule has 2 heterocycles. The Labute approximate surface area is 132 Å². The Morgan fingerprint density at radius 3 is 2.29 bits per heavy atom. The van der Waals surface area contributed by atoms with Crippen molar-refractivity contribution < 1.29 is 8.42 Å². The maximum absolute atomic E-state index is 12.8. The van der Waals surface area contributed by atoms with Gasteiger partial charge in [-0.1, -0.05) is 0 Å². The fourth-order valence-electron chi connectivity index (χ4n) is 2.77. The van der Waals surface area contributed by atoms with Gasteiger partial charge in [-0.25, -0.2) is 8.42 Å². The minimum atomic E-state index is -3.45. The third-order valence-corrected chi connectivity index (χ3v) is 6.47. The molecule has 2 unspecified atom stereocenters. The highest BCUT2D eigenvalue weighted by Gasteiger charge is 2.35. The smallest absolute Gasteiger partial charge is 0.244 e. The van der Waals surface area contributed by atoms with Crippen molar-refractivity contribution >= 4 is 21.6 Å². The highest BCUT2D eigenvalue weighted by atomic mass is 35.5. The molecule has 0 saturated carbocycles. The number of piperazine rings is 1. The molecule has 1 aromatic rings. The molecule has 0 bridgehead atoms. The number of nitrogens with zero attached hydrogens (tertiary/aromatic N) is 3. The molecule has 0 aliphatic carbocycles. The lowest BCUT2D eigenvalue weighted by atomic mass is 10.1. The van der Waals surface area contributed by atoms with Gasteiger partial charge in [-0.2, -0.15) is 4.31 Å². The lowest BCUT2D eigenvalue weighted by molar-refractivity contribution is 0.105. The van der Waals surface area contributed by atoms with E-state index in [1.807, 2.05) is 18.5 Å². The standard InChI is InChI=1S/C14H24ClN3O2S/c1-5-17-10-14(6-13(17)7-15)21(19,20)18-8-11(2)16(4)12(3)9-18/h6,10-12H,5,7-9H2,1-4H3. The Bertz CT molecular complexity index is 566. The summed E-state index contributed by atoms with van der Waals surface area (Å²) in [5.74, 6) is 0.318. The molecule has 0 aromatic carbocycles. The number of aromatic nitrogens is 1. The van der Waals surface area contributed by atoms with Gasteiger partial charge in [-0.05, 0) is 33.9 Å². The van der Waals surface area contributed by atoms with Crippen LogP contribution in [0.25, 0.3) is 0 Å². The van der Waals surface area contributed by atoms with E-state index in [0.29, 0.717) is 30.4 Å². The molecule has 1 aliphatic rings. The van der Waals surface area contributed by atoms with Crippen molar-refractivity contribution in [3.05, 3.63) is 18.0 Å². The molecule has 1 saturated heterocycles. The highest BCUT2D eigenvalue weighted by molar-refractivity contribution is 7.89. The lowest BCUT2D eigenvalue weighted by Gasteiger charge is -2.41. The topological polar surface area (TPSA) is 45.6 Å². The third kappa shape index (κ3) is 3.13. The van der Waals surface area contributed by atoms with Crippen LogP contribution in [0, 0.1) is 0 Å². The predicted molar refractivity (Wildman–Crippen MR) is 85.1 cm³/mol. The molecule has 2 rings (SSSR count). The Morgan fingerprint density at radius 2 is 1.86 bits per heavy atom. The van der Waals surface area contributed by atoms with Gasteiger partial charge in [0, 0.05) is 43.6 Å². The monoisotopic (exact) mass is 333 g/mol. The number of sulfonamides is 1. The van der Waals surface area contributed by atoms with Gasteiger partial charge in [0.1, 0.15) is 4.90 Å². The first-order chi connectivity index (χ1) is 9.81. The van der Waals surface area contributed by atoms with Crippen LogP contribution >= 0.6 is 11.6 Å². The van der Waals surface area contributed by atoms with Crippen molar-refractivity contribution in [3.8, 4) is 0 Å². The van der Waals surface area contributed by atoms with Crippen molar-refractivity contribution in [2.24, 2.45) is 0 Å². The first-order valence-electron chi connectivity index (χ1n) is 7.28. The van der Waals surface area contributed by atoms with Crippen molar-refractivity contribution in [2.75, 3.05) is 20.1 Å². The fraction of sp³-hybridized carbons (Fsp3) is 0.714. The zero-order valence-corrected chi connectivity index (χ0v) is 14.7. The number of likely N-dealkylation sites (N-methyl/N-ethyl adjacent to an activating group) is 1. The summed E-state index contributed by atoms with van der Waals surface area (Å²) in [6.07, 6.45) is 1.70. The summed E-state index contributed by atoms with van der Waals surface area (Å²) in [7, 11) is -1.41. The summed E-state index contributed by atoms with van der Waals surface area (Å²) in [6, 6.07) is 2.12. The van der Waals surface area contributed by atoms with Crippen LogP contribution in [0.1, 0.15) is 26.5 Å². The van der Waals surface area contributed by atoms with E-state index >= 15 is 0 Å². The van der Waals surface area contributed by atoms with Gasteiger partial charge in [0.2, 0.25) is 10.0 Å². The molecule has 1 fully saturated rings. The highest BCUT2D eigenvalue weighted by Crippen LogP contribution is 2.24. The third-order valence-electron chi connectivity index (χ3n) is 4.40. The van der Waals surface area contributed by atoms with E-state index in [9.17, 15) is 8.42 Å². The number of hydrogen-bond acceptors (Lipinski definition) is 3. The van der Waals surface area contributed by atoms with E-state index in [1.165, 1.54) is 0 Å². The summed E-state index contributed by atoms with van der Waals surface area (Å²) in [5.41, 5.74) is 0.841. The summed E-state index contributed by atoms with van der Waals surface area (Å²) in [4.78, 5) is 2.57. The van der Waals surface area contributed by atoms with Gasteiger partial charge in [0.25, 0.3) is 0 Å². The molecule has 5 nitrogen and oxygen atoms in total. The van der Waals surface area contributed by atoms with Crippen molar-refractivity contribution in [1.29, 1.82) is 0 Å². The maximum atomic E-state index is 12.8. The minimum absolute atomic E-state index is 0.212. The van der Waals surface area contributed by atoms with Gasteiger partial charge in [0.05, 0.1) is 5.88 Å². The largest absolute Gasteiger partial charge is 0.349 e. The van der Waals surface area contributed by atoms with Gasteiger partial charge in [-0.3, -0.25) is 4.90 Å². The van der Waals surface area contributed by atoms with Crippen LogP contribution < -0.4 is 0 Å². The second-order valence-corrected chi connectivity index (χ2v) is 7.98. The molecule has 21 heavy (non-hydrogen) atoms. The molecule has 7 heteroatoms. The summed E-state index contributed by atoms with van der Waals surface area (Å²) in [5, 5.41) is 0. The van der Waals surface area contributed by atoms with E-state index in [2.05, 4.69) is 18.7 Å². The Kier molecular flexibility index (Phi) is 5.03. The lowest BCUT2D eigenvalue weighted by Crippen LogP contribution is -2.56. The fourth-order valence-corrected chi connectivity index (χ4v) is 4.67. The van der Waals surface area contributed by atoms with Gasteiger partial charge in [0.15, 0.2) is 0 Å². The molecular weight excluding hydrogens is 310 g/mol. The van der Waals surface area contributed by atoms with Gasteiger partial charge < -0.3 is 4.57 Å². The van der Waals surface area contributed by atoms with Gasteiger partial charge in [-0.15, -0.1) is 11.6 Å². The zero-order chi connectivity index (χ0) is 15.8. The number of halogens is 1. The van der Waals surface area contributed by atoms with Crippen LogP contribution in [-0.2, 0) is 22.4 Å². The average molecular weight is 334 g/mol. The number of hydrogen-bond donors (Lipinski definition) is 0. The zero-order valence-electron chi connectivity index (χ0n) is 13.1. The molecule has 0 spiro atoms. The van der Waals surface area contributed by atoms with E-state index in [-0.39, 0.29) is 12.1 Å². The quantitative estimate of drug-likeness (QED) is 0.791. The van der Waals surface area contributed by atoms with Gasteiger partial charge >= 0.3 is 0 Å². The second kappa shape index (κ2) is 6.28. The van der Waals surface area contributed by atoms with E-state index in [0.717, 1.165) is 5.69 Å². The summed E-state index contributed by atoms with van der Waals surface area (Å²) >= 11 is 5.89.